The van der Waals surface area contributed by atoms with E-state index in [2.05, 4.69) is 18.8 Å². The Morgan fingerprint density at radius 3 is 2.65 bits per heavy atom. The van der Waals surface area contributed by atoms with E-state index in [4.69, 9.17) is 5.73 Å². The quantitative estimate of drug-likeness (QED) is 0.768. The number of nitrogens with two attached hydrogens (primary N) is 1. The van der Waals surface area contributed by atoms with Gasteiger partial charge in [0.05, 0.1) is 0 Å². The summed E-state index contributed by atoms with van der Waals surface area (Å²) in [6, 6.07) is 1.39. The number of anilines is 1. The molecule has 5 nitrogen and oxygen atoms in total. The lowest BCUT2D eigenvalue weighted by atomic mass is 9.79. The van der Waals surface area contributed by atoms with E-state index in [1.807, 2.05) is 0 Å². The second kappa shape index (κ2) is 4.39. The van der Waals surface area contributed by atoms with E-state index in [0.717, 1.165) is 19.3 Å². The van der Waals surface area contributed by atoms with Gasteiger partial charge in [-0.1, -0.05) is 13.8 Å². The van der Waals surface area contributed by atoms with Crippen LogP contribution in [0, 0.1) is 11.8 Å². The van der Waals surface area contributed by atoms with Gasteiger partial charge >= 0.3 is 5.69 Å². The molecular formula is C12H19N3O2. The first kappa shape index (κ1) is 12.0. The van der Waals surface area contributed by atoms with Crippen LogP contribution < -0.4 is 17.0 Å². The topological polar surface area (TPSA) is 80.9 Å². The van der Waals surface area contributed by atoms with Crippen LogP contribution in [0.2, 0.25) is 0 Å². The lowest BCUT2D eigenvalue weighted by Crippen LogP contribution is -2.38. The Balaban J connectivity index is 2.41. The van der Waals surface area contributed by atoms with Crippen LogP contribution in [0.25, 0.3) is 0 Å². The van der Waals surface area contributed by atoms with Crippen molar-refractivity contribution in [2.24, 2.45) is 11.8 Å². The molecule has 1 heterocycles. The molecule has 2 rings (SSSR count). The summed E-state index contributed by atoms with van der Waals surface area (Å²) in [5, 5.41) is 0. The van der Waals surface area contributed by atoms with Gasteiger partial charge in [-0.15, -0.1) is 0 Å². The molecule has 0 spiro atoms. The van der Waals surface area contributed by atoms with Gasteiger partial charge < -0.3 is 5.73 Å². The third-order valence-corrected chi connectivity index (χ3v) is 3.72. The Labute approximate surface area is 99.7 Å². The summed E-state index contributed by atoms with van der Waals surface area (Å²) in [6.45, 7) is 4.36. The summed E-state index contributed by atoms with van der Waals surface area (Å²) in [5.41, 5.74) is 4.98. The van der Waals surface area contributed by atoms with Gasteiger partial charge in [-0.3, -0.25) is 14.3 Å². The van der Waals surface area contributed by atoms with Crippen molar-refractivity contribution in [2.75, 3.05) is 5.73 Å². The van der Waals surface area contributed by atoms with Crippen molar-refractivity contribution < 1.29 is 0 Å². The molecule has 3 atom stereocenters. The zero-order valence-electron chi connectivity index (χ0n) is 10.3. The zero-order chi connectivity index (χ0) is 12.6. The smallest absolute Gasteiger partial charge is 0.330 e. The van der Waals surface area contributed by atoms with E-state index in [1.165, 1.54) is 10.6 Å². The fourth-order valence-electron chi connectivity index (χ4n) is 2.90. The van der Waals surface area contributed by atoms with Gasteiger partial charge in [0.25, 0.3) is 5.56 Å². The molecule has 1 aromatic rings. The van der Waals surface area contributed by atoms with Crippen LogP contribution in [0.4, 0.5) is 5.82 Å². The van der Waals surface area contributed by atoms with Crippen molar-refractivity contribution in [3.8, 4) is 0 Å². The Morgan fingerprint density at radius 1 is 1.35 bits per heavy atom. The van der Waals surface area contributed by atoms with Crippen molar-refractivity contribution in [1.29, 1.82) is 0 Å². The molecule has 1 aliphatic carbocycles. The second-order valence-corrected chi connectivity index (χ2v) is 5.20. The summed E-state index contributed by atoms with van der Waals surface area (Å²) in [7, 11) is 0. The monoisotopic (exact) mass is 237 g/mol. The van der Waals surface area contributed by atoms with Crippen molar-refractivity contribution in [2.45, 2.75) is 39.2 Å². The highest BCUT2D eigenvalue weighted by molar-refractivity contribution is 5.27. The molecule has 3 unspecified atom stereocenters. The molecule has 1 fully saturated rings. The van der Waals surface area contributed by atoms with E-state index < -0.39 is 5.56 Å². The number of nitrogens with zero attached hydrogens (tertiary/aromatic N) is 1. The van der Waals surface area contributed by atoms with Crippen LogP contribution in [0.1, 0.15) is 39.2 Å². The zero-order valence-corrected chi connectivity index (χ0v) is 10.3. The molecular weight excluding hydrogens is 218 g/mol. The minimum absolute atomic E-state index is 0.107. The van der Waals surface area contributed by atoms with Crippen LogP contribution in [-0.2, 0) is 0 Å². The summed E-state index contributed by atoms with van der Waals surface area (Å²) >= 11 is 0. The van der Waals surface area contributed by atoms with Crippen LogP contribution >= 0.6 is 0 Å². The van der Waals surface area contributed by atoms with Crippen LogP contribution in [-0.4, -0.2) is 9.55 Å². The first-order valence-corrected chi connectivity index (χ1v) is 6.10. The van der Waals surface area contributed by atoms with Crippen molar-refractivity contribution in [1.82, 2.24) is 9.55 Å². The fourth-order valence-corrected chi connectivity index (χ4v) is 2.90. The molecule has 1 saturated carbocycles. The first-order chi connectivity index (χ1) is 7.99. The molecule has 0 aromatic carbocycles. The predicted molar refractivity (Wildman–Crippen MR) is 67.0 cm³/mol. The number of nitrogens with one attached hydrogen (secondary N) is 1. The van der Waals surface area contributed by atoms with E-state index in [-0.39, 0.29) is 17.5 Å². The third-order valence-electron chi connectivity index (χ3n) is 3.72. The van der Waals surface area contributed by atoms with Gasteiger partial charge in [0.1, 0.15) is 5.82 Å². The van der Waals surface area contributed by atoms with Crippen molar-refractivity contribution in [3.05, 3.63) is 26.9 Å². The molecule has 0 aliphatic heterocycles. The Bertz CT molecular complexity index is 517. The lowest BCUT2D eigenvalue weighted by molar-refractivity contribution is 0.204. The number of aromatic amines is 1. The number of H-pyrrole nitrogens is 1. The van der Waals surface area contributed by atoms with Gasteiger partial charge in [-0.2, -0.15) is 0 Å². The third kappa shape index (κ3) is 2.28. The highest BCUT2D eigenvalue weighted by Crippen LogP contribution is 2.36. The van der Waals surface area contributed by atoms with Gasteiger partial charge in [0, 0.05) is 12.1 Å². The summed E-state index contributed by atoms with van der Waals surface area (Å²) in [5.74, 6) is 1.37. The Morgan fingerprint density at radius 2 is 2.06 bits per heavy atom. The Hall–Kier alpha value is -1.52. The average molecular weight is 237 g/mol. The summed E-state index contributed by atoms with van der Waals surface area (Å²) < 4.78 is 1.54. The fraction of sp³-hybridized carbons (Fsp3) is 0.667. The number of hydrogen-bond donors (Lipinski definition) is 2. The van der Waals surface area contributed by atoms with Gasteiger partial charge in [-0.25, -0.2) is 4.79 Å². The molecule has 1 aromatic heterocycles. The highest BCUT2D eigenvalue weighted by Gasteiger charge is 2.28. The van der Waals surface area contributed by atoms with Crippen LogP contribution in [0.3, 0.4) is 0 Å². The summed E-state index contributed by atoms with van der Waals surface area (Å²) in [6.07, 6.45) is 3.13. The molecule has 0 amide bonds. The van der Waals surface area contributed by atoms with Crippen molar-refractivity contribution in [3.63, 3.8) is 0 Å². The summed E-state index contributed by atoms with van der Waals surface area (Å²) in [4.78, 5) is 25.2. The van der Waals surface area contributed by atoms with E-state index in [9.17, 15) is 9.59 Å². The molecule has 0 saturated heterocycles. The SMILES string of the molecule is CC1CCC(n2c(N)cc(=O)[nH]c2=O)C(C)C1. The first-order valence-electron chi connectivity index (χ1n) is 6.10. The number of nitrogen functional groups attached to an aromatic ring is 1. The van der Waals surface area contributed by atoms with Crippen LogP contribution in [0.15, 0.2) is 15.7 Å². The largest absolute Gasteiger partial charge is 0.385 e. The molecule has 3 N–H and O–H groups in total. The maximum Gasteiger partial charge on any atom is 0.330 e. The molecule has 17 heavy (non-hydrogen) atoms. The highest BCUT2D eigenvalue weighted by atomic mass is 16.2. The number of hydrogen-bond acceptors (Lipinski definition) is 3. The average Bonchev–Trinajstić information content (AvgIpc) is 2.19. The maximum atomic E-state index is 11.8. The standard InChI is InChI=1S/C12H19N3O2/c1-7-3-4-9(8(2)5-7)15-10(13)6-11(16)14-12(15)17/h6-9H,3-5,13H2,1-2H3,(H,14,16,17). The normalized spacial score (nSPS) is 29.2. The molecule has 5 heteroatoms. The maximum absolute atomic E-state index is 11.8. The second-order valence-electron chi connectivity index (χ2n) is 5.20. The molecule has 0 bridgehead atoms. The number of rotatable bonds is 1. The van der Waals surface area contributed by atoms with E-state index in [0.29, 0.717) is 11.8 Å². The lowest BCUT2D eigenvalue weighted by Gasteiger charge is -2.34. The van der Waals surface area contributed by atoms with Gasteiger partial charge in [0.2, 0.25) is 0 Å². The Kier molecular flexibility index (Phi) is 3.09. The van der Waals surface area contributed by atoms with E-state index >= 15 is 0 Å². The molecule has 1 aliphatic rings. The van der Waals surface area contributed by atoms with Crippen molar-refractivity contribution >= 4 is 5.82 Å². The predicted octanol–water partition coefficient (Wildman–Crippen LogP) is 1.12. The molecule has 0 radical (unpaired) electrons. The number of aromatic nitrogens is 2. The van der Waals surface area contributed by atoms with E-state index in [1.54, 1.807) is 0 Å². The van der Waals surface area contributed by atoms with Crippen LogP contribution in [0.5, 0.6) is 0 Å². The van der Waals surface area contributed by atoms with Gasteiger partial charge in [-0.05, 0) is 31.1 Å². The minimum atomic E-state index is -0.430. The molecule has 94 valence electrons. The van der Waals surface area contributed by atoms with Gasteiger partial charge in [0.15, 0.2) is 0 Å². The minimum Gasteiger partial charge on any atom is -0.385 e.